The van der Waals surface area contributed by atoms with Crippen LogP contribution in [-0.2, 0) is 13.0 Å². The quantitative estimate of drug-likeness (QED) is 0.824. The molecule has 2 aromatic rings. The molecular formula is C19H25N3OS. The topological polar surface area (TPSA) is 36.4 Å². The van der Waals surface area contributed by atoms with E-state index in [9.17, 15) is 4.79 Å². The van der Waals surface area contributed by atoms with Crippen LogP contribution in [0.3, 0.4) is 0 Å². The van der Waals surface area contributed by atoms with Crippen molar-refractivity contribution in [2.75, 3.05) is 18.0 Å². The average Bonchev–Trinajstić information content (AvgIpc) is 3.01. The minimum absolute atomic E-state index is 0.0616. The number of thiazole rings is 1. The van der Waals surface area contributed by atoms with Gasteiger partial charge in [0.2, 0.25) is 0 Å². The minimum atomic E-state index is 0.0616. The van der Waals surface area contributed by atoms with Crippen molar-refractivity contribution in [2.45, 2.75) is 46.2 Å². The Kier molecular flexibility index (Phi) is 5.19. The largest absolute Gasteiger partial charge is 0.351 e. The first-order chi connectivity index (χ1) is 11.6. The van der Waals surface area contributed by atoms with E-state index >= 15 is 0 Å². The number of anilines is 1. The van der Waals surface area contributed by atoms with Crippen molar-refractivity contribution in [3.05, 3.63) is 45.8 Å². The minimum Gasteiger partial charge on any atom is -0.351 e. The van der Waals surface area contributed by atoms with Gasteiger partial charge in [-0.2, -0.15) is 0 Å². The van der Waals surface area contributed by atoms with Crippen LogP contribution in [0.1, 0.15) is 47.4 Å². The van der Waals surface area contributed by atoms with Gasteiger partial charge in [0.1, 0.15) is 5.82 Å². The summed E-state index contributed by atoms with van der Waals surface area (Å²) >= 11 is 1.57. The van der Waals surface area contributed by atoms with Crippen LogP contribution in [0, 0.1) is 0 Å². The van der Waals surface area contributed by atoms with Crippen molar-refractivity contribution >= 4 is 23.1 Å². The number of benzene rings is 1. The number of hydrogen-bond donors (Lipinski definition) is 0. The Bertz CT molecular complexity index is 696. The van der Waals surface area contributed by atoms with E-state index in [1.807, 2.05) is 17.9 Å². The zero-order chi connectivity index (χ0) is 17.1. The van der Waals surface area contributed by atoms with Crippen LogP contribution < -0.4 is 4.90 Å². The number of nitrogens with zero attached hydrogens (tertiary/aromatic N) is 3. The number of hydrogen-bond acceptors (Lipinski definition) is 4. The van der Waals surface area contributed by atoms with E-state index in [0.29, 0.717) is 11.6 Å². The Balaban J connectivity index is 1.84. The van der Waals surface area contributed by atoms with Crippen molar-refractivity contribution < 1.29 is 4.79 Å². The molecule has 4 nitrogen and oxygen atoms in total. The lowest BCUT2D eigenvalue weighted by Crippen LogP contribution is -2.36. The molecule has 0 aliphatic carbocycles. The molecule has 1 aliphatic rings. The summed E-state index contributed by atoms with van der Waals surface area (Å²) in [5.74, 6) is 1.07. The predicted octanol–water partition coefficient (Wildman–Crippen LogP) is 3.97. The Hall–Kier alpha value is -1.88. The molecule has 128 valence electrons. The third kappa shape index (κ3) is 3.46. The summed E-state index contributed by atoms with van der Waals surface area (Å²) in [4.78, 5) is 22.9. The molecule has 1 amide bonds. The molecule has 1 aromatic heterocycles. The van der Waals surface area contributed by atoms with Crippen LogP contribution in [-0.4, -0.2) is 34.9 Å². The van der Waals surface area contributed by atoms with Crippen LogP contribution >= 0.6 is 11.3 Å². The van der Waals surface area contributed by atoms with E-state index in [1.54, 1.807) is 11.3 Å². The first kappa shape index (κ1) is 17.0. The number of aromatic nitrogens is 1. The molecule has 0 spiro atoms. The normalized spacial score (nSPS) is 13.9. The summed E-state index contributed by atoms with van der Waals surface area (Å²) in [6.07, 6.45) is 2.15. The second-order valence-electron chi connectivity index (χ2n) is 6.46. The number of carbonyl (C=O) groups excluding carboxylic acids is 1. The molecule has 1 aliphatic heterocycles. The highest BCUT2D eigenvalue weighted by atomic mass is 32.1. The van der Waals surface area contributed by atoms with E-state index < -0.39 is 0 Å². The maximum atomic E-state index is 12.8. The molecule has 24 heavy (non-hydrogen) atoms. The average molecular weight is 343 g/mol. The Morgan fingerprint density at radius 1 is 1.33 bits per heavy atom. The summed E-state index contributed by atoms with van der Waals surface area (Å²) in [5.41, 5.74) is 1.28. The zero-order valence-corrected chi connectivity index (χ0v) is 15.5. The van der Waals surface area contributed by atoms with Crippen molar-refractivity contribution in [3.8, 4) is 0 Å². The van der Waals surface area contributed by atoms with Gasteiger partial charge >= 0.3 is 0 Å². The van der Waals surface area contributed by atoms with Crippen molar-refractivity contribution in [3.63, 3.8) is 0 Å². The van der Waals surface area contributed by atoms with Gasteiger partial charge in [0, 0.05) is 30.6 Å². The van der Waals surface area contributed by atoms with E-state index in [2.05, 4.69) is 43.0 Å². The van der Waals surface area contributed by atoms with Crippen molar-refractivity contribution in [1.29, 1.82) is 0 Å². The molecular weight excluding hydrogens is 318 g/mol. The summed E-state index contributed by atoms with van der Waals surface area (Å²) in [5, 5.41) is 0.635. The monoisotopic (exact) mass is 343 g/mol. The smallest absolute Gasteiger partial charge is 0.283 e. The Labute approximate surface area is 148 Å². The maximum Gasteiger partial charge on any atom is 0.283 e. The molecule has 0 unspecified atom stereocenters. The first-order valence-electron chi connectivity index (χ1n) is 8.69. The molecule has 0 bridgehead atoms. The molecule has 0 N–H and O–H groups in total. The molecule has 0 radical (unpaired) electrons. The number of carbonyl (C=O) groups is 1. The predicted molar refractivity (Wildman–Crippen MR) is 99.8 cm³/mol. The van der Waals surface area contributed by atoms with Gasteiger partial charge in [-0.1, -0.05) is 30.3 Å². The second-order valence-corrected chi connectivity index (χ2v) is 7.55. The van der Waals surface area contributed by atoms with Gasteiger partial charge in [-0.15, -0.1) is 11.3 Å². The number of fused-ring (bicyclic) bond motifs is 1. The molecule has 2 heterocycles. The SMILES string of the molecule is CCN(C(=O)c1nc2c(s1)CCCN2Cc1ccccc1)C(C)C. The molecule has 0 saturated heterocycles. The molecule has 0 saturated carbocycles. The highest BCUT2D eigenvalue weighted by Crippen LogP contribution is 2.33. The molecule has 5 heteroatoms. The summed E-state index contributed by atoms with van der Waals surface area (Å²) < 4.78 is 0. The van der Waals surface area contributed by atoms with Crippen LogP contribution in [0.4, 0.5) is 5.82 Å². The van der Waals surface area contributed by atoms with Gasteiger partial charge in [0.25, 0.3) is 5.91 Å². The summed E-state index contributed by atoms with van der Waals surface area (Å²) in [7, 11) is 0. The maximum absolute atomic E-state index is 12.8. The van der Waals surface area contributed by atoms with Gasteiger partial charge < -0.3 is 9.80 Å². The van der Waals surface area contributed by atoms with Crippen LogP contribution in [0.5, 0.6) is 0 Å². The van der Waals surface area contributed by atoms with Gasteiger partial charge in [-0.05, 0) is 39.2 Å². The highest BCUT2D eigenvalue weighted by Gasteiger charge is 2.27. The van der Waals surface area contributed by atoms with Gasteiger partial charge in [0.15, 0.2) is 5.01 Å². The Morgan fingerprint density at radius 3 is 2.75 bits per heavy atom. The number of aryl methyl sites for hydroxylation is 1. The van der Waals surface area contributed by atoms with Gasteiger partial charge in [-0.25, -0.2) is 4.98 Å². The molecule has 0 fully saturated rings. The fourth-order valence-electron chi connectivity index (χ4n) is 3.21. The van der Waals surface area contributed by atoms with Crippen LogP contribution in [0.15, 0.2) is 30.3 Å². The van der Waals surface area contributed by atoms with E-state index in [0.717, 1.165) is 31.7 Å². The van der Waals surface area contributed by atoms with E-state index in [1.165, 1.54) is 10.4 Å². The lowest BCUT2D eigenvalue weighted by atomic mass is 10.1. The van der Waals surface area contributed by atoms with Gasteiger partial charge in [0.05, 0.1) is 0 Å². The second kappa shape index (κ2) is 7.34. The fourth-order valence-corrected chi connectivity index (χ4v) is 4.29. The third-order valence-electron chi connectivity index (χ3n) is 4.43. The van der Waals surface area contributed by atoms with E-state index in [-0.39, 0.29) is 11.9 Å². The fraction of sp³-hybridized carbons (Fsp3) is 0.474. The number of rotatable bonds is 5. The molecule has 0 atom stereocenters. The van der Waals surface area contributed by atoms with Crippen molar-refractivity contribution in [2.24, 2.45) is 0 Å². The van der Waals surface area contributed by atoms with Crippen LogP contribution in [0.25, 0.3) is 0 Å². The van der Waals surface area contributed by atoms with Crippen molar-refractivity contribution in [1.82, 2.24) is 9.88 Å². The third-order valence-corrected chi connectivity index (χ3v) is 5.52. The number of amides is 1. The summed E-state index contributed by atoms with van der Waals surface area (Å²) in [6, 6.07) is 10.7. The standard InChI is InChI=1S/C19H25N3OS/c1-4-22(14(2)3)19(23)18-20-17-16(24-18)11-8-12-21(17)13-15-9-6-5-7-10-15/h5-7,9-10,14H,4,8,11-13H2,1-3H3. The lowest BCUT2D eigenvalue weighted by molar-refractivity contribution is 0.0716. The zero-order valence-electron chi connectivity index (χ0n) is 14.7. The molecule has 3 rings (SSSR count). The Morgan fingerprint density at radius 2 is 2.08 bits per heavy atom. The molecule has 1 aromatic carbocycles. The first-order valence-corrected chi connectivity index (χ1v) is 9.51. The van der Waals surface area contributed by atoms with E-state index in [4.69, 9.17) is 4.98 Å². The highest BCUT2D eigenvalue weighted by molar-refractivity contribution is 7.14. The van der Waals surface area contributed by atoms with Gasteiger partial charge in [-0.3, -0.25) is 4.79 Å². The summed E-state index contributed by atoms with van der Waals surface area (Å²) in [6.45, 7) is 8.70. The van der Waals surface area contributed by atoms with Crippen LogP contribution in [0.2, 0.25) is 0 Å². The lowest BCUT2D eigenvalue weighted by Gasteiger charge is -2.27.